The van der Waals surface area contributed by atoms with Crippen molar-refractivity contribution in [1.82, 2.24) is 0 Å². The molecule has 0 N–H and O–H groups in total. The molecule has 0 saturated carbocycles. The van der Waals surface area contributed by atoms with Gasteiger partial charge in [0.15, 0.2) is 11.6 Å². The quantitative estimate of drug-likeness (QED) is 0.587. The van der Waals surface area contributed by atoms with E-state index in [1.54, 1.807) is 24.3 Å². The highest BCUT2D eigenvalue weighted by atomic mass is 16.5. The summed E-state index contributed by atoms with van der Waals surface area (Å²) >= 11 is 0. The fraction of sp³-hybridized carbons (Fsp3) is 0.308. The van der Waals surface area contributed by atoms with Crippen LogP contribution >= 0.6 is 0 Å². The van der Waals surface area contributed by atoms with E-state index in [2.05, 4.69) is 0 Å². The van der Waals surface area contributed by atoms with Gasteiger partial charge >= 0.3 is 5.97 Å². The number of carbonyl (C=O) groups is 3. The predicted molar refractivity (Wildman–Crippen MR) is 61.7 cm³/mol. The van der Waals surface area contributed by atoms with Crippen molar-refractivity contribution < 1.29 is 19.1 Å². The second kappa shape index (κ2) is 5.39. The van der Waals surface area contributed by atoms with Crippen molar-refractivity contribution in [2.45, 2.75) is 26.9 Å². The molecular weight excluding hydrogens is 220 g/mol. The Labute approximate surface area is 99.6 Å². The van der Waals surface area contributed by atoms with Crippen LogP contribution in [0.3, 0.4) is 0 Å². The van der Waals surface area contributed by atoms with Gasteiger partial charge in [0, 0.05) is 0 Å². The van der Waals surface area contributed by atoms with Crippen molar-refractivity contribution in [1.29, 1.82) is 0 Å². The van der Waals surface area contributed by atoms with Gasteiger partial charge in [-0.05, 0) is 32.9 Å². The number of aryl methyl sites for hydroxylation is 1. The van der Waals surface area contributed by atoms with Gasteiger partial charge in [-0.25, -0.2) is 4.79 Å². The van der Waals surface area contributed by atoms with Crippen LogP contribution in [0.25, 0.3) is 0 Å². The zero-order valence-corrected chi connectivity index (χ0v) is 10.0. The molecule has 1 aromatic rings. The van der Waals surface area contributed by atoms with Crippen LogP contribution < -0.4 is 0 Å². The fourth-order valence-electron chi connectivity index (χ4n) is 1.32. The smallest absolute Gasteiger partial charge is 0.339 e. The summed E-state index contributed by atoms with van der Waals surface area (Å²) in [5.74, 6) is -1.61. The molecule has 4 heteroatoms. The Hall–Kier alpha value is -1.97. The highest BCUT2D eigenvalue weighted by Gasteiger charge is 2.24. The van der Waals surface area contributed by atoms with E-state index < -0.39 is 23.6 Å². The van der Waals surface area contributed by atoms with Crippen LogP contribution in [0.1, 0.15) is 29.8 Å². The first-order valence-corrected chi connectivity index (χ1v) is 5.20. The lowest BCUT2D eigenvalue weighted by Crippen LogP contribution is -2.31. The third-order valence-electron chi connectivity index (χ3n) is 2.25. The van der Waals surface area contributed by atoms with Gasteiger partial charge in [-0.2, -0.15) is 0 Å². The summed E-state index contributed by atoms with van der Waals surface area (Å²) in [7, 11) is 0. The molecule has 0 atom stereocenters. The minimum Gasteiger partial charge on any atom is -0.443 e. The summed E-state index contributed by atoms with van der Waals surface area (Å²) in [6.45, 7) is 4.33. The van der Waals surface area contributed by atoms with Crippen LogP contribution in [0.5, 0.6) is 0 Å². The lowest BCUT2D eigenvalue weighted by molar-refractivity contribution is -0.136. The third-order valence-corrected chi connectivity index (χ3v) is 2.25. The minimum atomic E-state index is -1.30. The zero-order valence-electron chi connectivity index (χ0n) is 10.0. The number of benzene rings is 1. The van der Waals surface area contributed by atoms with Gasteiger partial charge in [-0.3, -0.25) is 9.59 Å². The number of carbonyl (C=O) groups excluding carboxylic acids is 3. The lowest BCUT2D eigenvalue weighted by Gasteiger charge is -2.11. The third kappa shape index (κ3) is 3.52. The van der Waals surface area contributed by atoms with E-state index in [-0.39, 0.29) is 0 Å². The highest BCUT2D eigenvalue weighted by Crippen LogP contribution is 2.07. The van der Waals surface area contributed by atoms with Gasteiger partial charge < -0.3 is 4.74 Å². The van der Waals surface area contributed by atoms with Crippen molar-refractivity contribution in [2.75, 3.05) is 0 Å². The van der Waals surface area contributed by atoms with Gasteiger partial charge in [0.25, 0.3) is 0 Å². The Morgan fingerprint density at radius 3 is 1.88 bits per heavy atom. The first kappa shape index (κ1) is 13.1. The maximum atomic E-state index is 11.6. The standard InChI is InChI=1S/C13H14O4/c1-8-4-6-11(7-5-8)13(16)17-12(9(2)14)10(3)15/h4-7,12H,1-3H3. The second-order valence-corrected chi connectivity index (χ2v) is 3.87. The van der Waals surface area contributed by atoms with E-state index in [0.717, 1.165) is 5.56 Å². The maximum Gasteiger partial charge on any atom is 0.339 e. The number of hydrogen-bond acceptors (Lipinski definition) is 4. The second-order valence-electron chi connectivity index (χ2n) is 3.87. The molecular formula is C13H14O4. The predicted octanol–water partition coefficient (Wildman–Crippen LogP) is 1.70. The Kier molecular flexibility index (Phi) is 4.15. The number of hydrogen-bond donors (Lipinski definition) is 0. The number of Topliss-reactive ketones (excluding diaryl/α,β-unsaturated/α-hetero) is 2. The molecule has 0 aliphatic rings. The zero-order chi connectivity index (χ0) is 13.0. The molecule has 0 heterocycles. The Bertz CT molecular complexity index is 431. The van der Waals surface area contributed by atoms with Crippen molar-refractivity contribution in [2.24, 2.45) is 0 Å². The first-order chi connectivity index (χ1) is 7.91. The first-order valence-electron chi connectivity index (χ1n) is 5.20. The molecule has 0 aliphatic carbocycles. The number of esters is 1. The lowest BCUT2D eigenvalue weighted by atomic mass is 10.1. The van der Waals surface area contributed by atoms with Crippen LogP contribution in [-0.2, 0) is 14.3 Å². The normalized spacial score (nSPS) is 10.1. The average molecular weight is 234 g/mol. The van der Waals surface area contributed by atoms with E-state index in [0.29, 0.717) is 5.56 Å². The molecule has 0 fully saturated rings. The Morgan fingerprint density at radius 2 is 1.47 bits per heavy atom. The van der Waals surface area contributed by atoms with E-state index in [1.165, 1.54) is 13.8 Å². The van der Waals surface area contributed by atoms with Crippen LogP contribution in [0, 0.1) is 6.92 Å². The molecule has 0 aromatic heterocycles. The largest absolute Gasteiger partial charge is 0.443 e. The average Bonchev–Trinajstić information content (AvgIpc) is 2.25. The Balaban J connectivity index is 2.81. The van der Waals surface area contributed by atoms with E-state index in [4.69, 9.17) is 4.74 Å². The van der Waals surface area contributed by atoms with Crippen LogP contribution in [0.4, 0.5) is 0 Å². The van der Waals surface area contributed by atoms with Gasteiger partial charge in [0.2, 0.25) is 6.10 Å². The van der Waals surface area contributed by atoms with Crippen LogP contribution in [0.2, 0.25) is 0 Å². The molecule has 0 spiro atoms. The molecule has 0 bridgehead atoms. The van der Waals surface area contributed by atoms with Crippen molar-refractivity contribution in [3.63, 3.8) is 0 Å². The topological polar surface area (TPSA) is 60.4 Å². The van der Waals surface area contributed by atoms with E-state index >= 15 is 0 Å². The van der Waals surface area contributed by atoms with Gasteiger partial charge in [0.05, 0.1) is 5.56 Å². The molecule has 0 amide bonds. The van der Waals surface area contributed by atoms with Crippen molar-refractivity contribution >= 4 is 17.5 Å². The molecule has 90 valence electrons. The number of ether oxygens (including phenoxy) is 1. The molecule has 1 rings (SSSR count). The van der Waals surface area contributed by atoms with Crippen LogP contribution in [-0.4, -0.2) is 23.6 Å². The van der Waals surface area contributed by atoms with Gasteiger partial charge in [-0.15, -0.1) is 0 Å². The summed E-state index contributed by atoms with van der Waals surface area (Å²) in [6.07, 6.45) is -1.30. The van der Waals surface area contributed by atoms with E-state index in [9.17, 15) is 14.4 Å². The van der Waals surface area contributed by atoms with Gasteiger partial charge in [-0.1, -0.05) is 17.7 Å². The molecule has 0 saturated heterocycles. The summed E-state index contributed by atoms with van der Waals surface area (Å²) < 4.78 is 4.86. The summed E-state index contributed by atoms with van der Waals surface area (Å²) in [6, 6.07) is 6.70. The molecule has 17 heavy (non-hydrogen) atoms. The SMILES string of the molecule is CC(=O)C(OC(=O)c1ccc(C)cc1)C(C)=O. The van der Waals surface area contributed by atoms with Crippen molar-refractivity contribution in [3.8, 4) is 0 Å². The summed E-state index contributed by atoms with van der Waals surface area (Å²) in [5.41, 5.74) is 1.33. The summed E-state index contributed by atoms with van der Waals surface area (Å²) in [4.78, 5) is 33.9. The molecule has 1 aromatic carbocycles. The monoisotopic (exact) mass is 234 g/mol. The van der Waals surface area contributed by atoms with Gasteiger partial charge in [0.1, 0.15) is 0 Å². The maximum absolute atomic E-state index is 11.6. The van der Waals surface area contributed by atoms with Crippen molar-refractivity contribution in [3.05, 3.63) is 35.4 Å². The van der Waals surface area contributed by atoms with E-state index in [1.807, 2.05) is 6.92 Å². The summed E-state index contributed by atoms with van der Waals surface area (Å²) in [5, 5.41) is 0. The number of ketones is 2. The molecule has 0 unspecified atom stereocenters. The molecule has 4 nitrogen and oxygen atoms in total. The highest BCUT2D eigenvalue weighted by molar-refractivity contribution is 6.05. The minimum absolute atomic E-state index is 0.322. The Morgan fingerprint density at radius 1 is 1.00 bits per heavy atom. The fourth-order valence-corrected chi connectivity index (χ4v) is 1.32. The molecule has 0 aliphatic heterocycles. The van der Waals surface area contributed by atoms with Crippen LogP contribution in [0.15, 0.2) is 24.3 Å². The number of rotatable bonds is 4. The molecule has 0 radical (unpaired) electrons.